The fourth-order valence-corrected chi connectivity index (χ4v) is 2.71. The summed E-state index contributed by atoms with van der Waals surface area (Å²) < 4.78 is 11.5. The van der Waals surface area contributed by atoms with Gasteiger partial charge in [0.1, 0.15) is 12.4 Å². The van der Waals surface area contributed by atoms with Crippen LogP contribution in [-0.4, -0.2) is 24.7 Å². The van der Waals surface area contributed by atoms with Gasteiger partial charge in [-0.1, -0.05) is 30.3 Å². The van der Waals surface area contributed by atoms with Crippen LogP contribution >= 0.6 is 48.0 Å². The van der Waals surface area contributed by atoms with Crippen molar-refractivity contribution in [1.82, 2.24) is 4.98 Å². The predicted molar refractivity (Wildman–Crippen MR) is 137 cm³/mol. The Morgan fingerprint density at radius 1 is 1.00 bits per heavy atom. The molecule has 0 atom stereocenters. The number of rotatable bonds is 9. The summed E-state index contributed by atoms with van der Waals surface area (Å²) in [6.45, 7) is 4.53. The number of nitrogens with one attached hydrogen (secondary N) is 1. The van der Waals surface area contributed by atoms with Crippen LogP contribution in [0.5, 0.6) is 11.6 Å². The molecule has 5 nitrogen and oxygen atoms in total. The molecule has 0 amide bonds. The van der Waals surface area contributed by atoms with Crippen LogP contribution in [0.2, 0.25) is 0 Å². The van der Waals surface area contributed by atoms with Crippen molar-refractivity contribution < 1.29 is 9.47 Å². The molecule has 3 N–H and O–H groups in total. The van der Waals surface area contributed by atoms with Crippen molar-refractivity contribution in [2.75, 3.05) is 25.0 Å². The minimum absolute atomic E-state index is 0. The van der Waals surface area contributed by atoms with Gasteiger partial charge in [0.15, 0.2) is 0 Å². The van der Waals surface area contributed by atoms with E-state index in [-0.39, 0.29) is 48.0 Å². The van der Waals surface area contributed by atoms with E-state index in [0.29, 0.717) is 25.6 Å². The molecule has 2 aromatic carbocycles. The lowest BCUT2D eigenvalue weighted by atomic mass is 10.1. The maximum absolute atomic E-state index is 5.87. The average Bonchev–Trinajstić information content (AvgIpc) is 2.68. The zero-order chi connectivity index (χ0) is 18.2. The zero-order valence-electron chi connectivity index (χ0n) is 15.9. The van der Waals surface area contributed by atoms with Gasteiger partial charge in [-0.3, -0.25) is 0 Å². The summed E-state index contributed by atoms with van der Waals surface area (Å²) in [6, 6.07) is 18.0. The van der Waals surface area contributed by atoms with E-state index in [1.165, 1.54) is 0 Å². The molecule has 7 heteroatoms. The first kappa shape index (κ1) is 24.7. The number of aromatic nitrogens is 1. The molecule has 0 aliphatic heterocycles. The topological polar surface area (TPSA) is 69.4 Å². The molecule has 0 bridgehead atoms. The number of anilines is 1. The SMILES string of the molecule is CCOc1cc(NCCCN)c2nc(OCc3ccccc3)ccc2c1.I.I. The van der Waals surface area contributed by atoms with Crippen LogP contribution in [0.3, 0.4) is 0 Å². The number of halogens is 2. The van der Waals surface area contributed by atoms with Gasteiger partial charge in [0.25, 0.3) is 0 Å². The van der Waals surface area contributed by atoms with E-state index in [2.05, 4.69) is 5.32 Å². The van der Waals surface area contributed by atoms with E-state index in [4.69, 9.17) is 20.2 Å². The molecular formula is C21H27I2N3O2. The fraction of sp³-hybridized carbons (Fsp3) is 0.286. The van der Waals surface area contributed by atoms with Gasteiger partial charge in [0.05, 0.1) is 17.8 Å². The van der Waals surface area contributed by atoms with E-state index in [9.17, 15) is 0 Å². The van der Waals surface area contributed by atoms with E-state index in [1.54, 1.807) is 0 Å². The van der Waals surface area contributed by atoms with E-state index in [0.717, 1.165) is 40.9 Å². The Labute approximate surface area is 200 Å². The van der Waals surface area contributed by atoms with Crippen molar-refractivity contribution in [2.24, 2.45) is 5.73 Å². The molecule has 0 saturated heterocycles. The van der Waals surface area contributed by atoms with Gasteiger partial charge in [-0.05, 0) is 37.6 Å². The number of nitrogens with two attached hydrogens (primary N) is 1. The van der Waals surface area contributed by atoms with Crippen LogP contribution in [0, 0.1) is 0 Å². The summed E-state index contributed by atoms with van der Waals surface area (Å²) in [5, 5.41) is 4.42. The summed E-state index contributed by atoms with van der Waals surface area (Å²) in [4.78, 5) is 4.70. The third-order valence-corrected chi connectivity index (χ3v) is 3.98. The number of nitrogens with zero attached hydrogens (tertiary/aromatic N) is 1. The number of hydrogen-bond acceptors (Lipinski definition) is 5. The summed E-state index contributed by atoms with van der Waals surface area (Å²) in [6.07, 6.45) is 0.893. The highest BCUT2D eigenvalue weighted by atomic mass is 127. The summed E-state index contributed by atoms with van der Waals surface area (Å²) in [7, 11) is 0. The summed E-state index contributed by atoms with van der Waals surface area (Å²) >= 11 is 0. The lowest BCUT2D eigenvalue weighted by Crippen LogP contribution is -2.09. The largest absolute Gasteiger partial charge is 0.494 e. The molecule has 0 fully saturated rings. The molecule has 0 aliphatic carbocycles. The van der Waals surface area contributed by atoms with E-state index >= 15 is 0 Å². The molecule has 0 aliphatic rings. The fourth-order valence-electron chi connectivity index (χ4n) is 2.71. The first-order valence-corrected chi connectivity index (χ1v) is 8.98. The number of fused-ring (bicyclic) bond motifs is 1. The molecule has 1 heterocycles. The van der Waals surface area contributed by atoms with Crippen molar-refractivity contribution in [2.45, 2.75) is 20.0 Å². The maximum Gasteiger partial charge on any atom is 0.214 e. The third-order valence-electron chi connectivity index (χ3n) is 3.98. The average molecular weight is 607 g/mol. The van der Waals surface area contributed by atoms with Crippen LogP contribution in [0.25, 0.3) is 10.9 Å². The Morgan fingerprint density at radius 2 is 1.79 bits per heavy atom. The van der Waals surface area contributed by atoms with Gasteiger partial charge < -0.3 is 20.5 Å². The molecule has 0 saturated carbocycles. The maximum atomic E-state index is 5.87. The first-order chi connectivity index (χ1) is 12.8. The predicted octanol–water partition coefficient (Wildman–Crippen LogP) is 5.21. The molecule has 0 radical (unpaired) electrons. The Bertz CT molecular complexity index is 848. The van der Waals surface area contributed by atoms with E-state index < -0.39 is 0 Å². The second-order valence-corrected chi connectivity index (χ2v) is 5.97. The Kier molecular flexibility index (Phi) is 11.5. The summed E-state index contributed by atoms with van der Waals surface area (Å²) in [5.74, 6) is 1.43. The lowest BCUT2D eigenvalue weighted by Gasteiger charge is -2.13. The van der Waals surface area contributed by atoms with Crippen molar-refractivity contribution in [3.8, 4) is 11.6 Å². The second-order valence-electron chi connectivity index (χ2n) is 5.97. The van der Waals surface area contributed by atoms with Gasteiger partial charge in [0.2, 0.25) is 5.88 Å². The smallest absolute Gasteiger partial charge is 0.214 e. The minimum atomic E-state index is 0. The highest BCUT2D eigenvalue weighted by molar-refractivity contribution is 14.0. The van der Waals surface area contributed by atoms with Crippen molar-refractivity contribution in [3.05, 3.63) is 60.2 Å². The lowest BCUT2D eigenvalue weighted by molar-refractivity contribution is 0.295. The minimum Gasteiger partial charge on any atom is -0.494 e. The zero-order valence-corrected chi connectivity index (χ0v) is 20.5. The van der Waals surface area contributed by atoms with E-state index in [1.807, 2.05) is 61.5 Å². The van der Waals surface area contributed by atoms with Gasteiger partial charge in [-0.25, -0.2) is 4.98 Å². The van der Waals surface area contributed by atoms with Crippen LogP contribution < -0.4 is 20.5 Å². The molecule has 0 spiro atoms. The first-order valence-electron chi connectivity index (χ1n) is 8.98. The highest BCUT2D eigenvalue weighted by Crippen LogP contribution is 2.30. The van der Waals surface area contributed by atoms with Crippen molar-refractivity contribution in [1.29, 1.82) is 0 Å². The Balaban J connectivity index is 0.00000196. The van der Waals surface area contributed by atoms with Gasteiger partial charge >= 0.3 is 0 Å². The highest BCUT2D eigenvalue weighted by Gasteiger charge is 2.08. The normalized spacial score (nSPS) is 9.93. The Hall–Kier alpha value is -1.33. The van der Waals surface area contributed by atoms with Crippen molar-refractivity contribution in [3.63, 3.8) is 0 Å². The second kappa shape index (κ2) is 13.0. The van der Waals surface area contributed by atoms with Crippen LogP contribution in [0.1, 0.15) is 18.9 Å². The molecular weight excluding hydrogens is 580 g/mol. The van der Waals surface area contributed by atoms with Gasteiger partial charge in [-0.2, -0.15) is 0 Å². The molecule has 1 aromatic heterocycles. The van der Waals surface area contributed by atoms with Crippen molar-refractivity contribution >= 4 is 64.5 Å². The standard InChI is InChI=1S/C21H25N3O2.2HI/c1-2-25-18-13-17-9-10-20(26-15-16-7-4-3-5-8-16)24-21(17)19(14-18)23-12-6-11-22;;/h3-5,7-10,13-14,23H,2,6,11-12,15,22H2,1H3;2*1H. The number of pyridine rings is 1. The molecule has 28 heavy (non-hydrogen) atoms. The summed E-state index contributed by atoms with van der Waals surface area (Å²) in [5.41, 5.74) is 8.52. The molecule has 3 aromatic rings. The molecule has 152 valence electrons. The van der Waals surface area contributed by atoms with Crippen LogP contribution in [0.4, 0.5) is 5.69 Å². The van der Waals surface area contributed by atoms with Crippen LogP contribution in [0.15, 0.2) is 54.6 Å². The number of benzene rings is 2. The quantitative estimate of drug-likeness (QED) is 0.259. The monoisotopic (exact) mass is 607 g/mol. The molecule has 0 unspecified atom stereocenters. The Morgan fingerprint density at radius 3 is 2.50 bits per heavy atom. The van der Waals surface area contributed by atoms with Gasteiger partial charge in [-0.15, -0.1) is 48.0 Å². The van der Waals surface area contributed by atoms with Crippen LogP contribution in [-0.2, 0) is 6.61 Å². The third kappa shape index (κ3) is 6.93. The molecule has 3 rings (SSSR count). The number of ether oxygens (including phenoxy) is 2. The number of hydrogen-bond donors (Lipinski definition) is 2. The van der Waals surface area contributed by atoms with Gasteiger partial charge in [0, 0.05) is 24.1 Å².